The van der Waals surface area contributed by atoms with E-state index in [0.29, 0.717) is 13.1 Å². The summed E-state index contributed by atoms with van der Waals surface area (Å²) in [5.74, 6) is 0. The molecule has 24 heavy (non-hydrogen) atoms. The van der Waals surface area contributed by atoms with Gasteiger partial charge in [0.05, 0.1) is 13.2 Å². The molecule has 0 bridgehead atoms. The number of nitrogens with one attached hydrogen (secondary N) is 2. The van der Waals surface area contributed by atoms with Crippen molar-refractivity contribution in [1.82, 2.24) is 15.5 Å². The van der Waals surface area contributed by atoms with E-state index in [-0.39, 0.29) is 11.4 Å². The number of morpholine rings is 1. The lowest BCUT2D eigenvalue weighted by atomic mass is 9.86. The van der Waals surface area contributed by atoms with Gasteiger partial charge in [0.15, 0.2) is 0 Å². The minimum atomic E-state index is -0.0884. The van der Waals surface area contributed by atoms with E-state index in [1.165, 1.54) is 11.1 Å². The molecule has 2 rings (SSSR count). The minimum Gasteiger partial charge on any atom is -0.379 e. The number of hydrogen-bond acceptors (Lipinski definition) is 3. The van der Waals surface area contributed by atoms with Gasteiger partial charge < -0.3 is 15.4 Å². The van der Waals surface area contributed by atoms with Crippen LogP contribution < -0.4 is 10.6 Å². The van der Waals surface area contributed by atoms with Gasteiger partial charge in [0, 0.05) is 32.7 Å². The van der Waals surface area contributed by atoms with E-state index in [0.717, 1.165) is 39.3 Å². The summed E-state index contributed by atoms with van der Waals surface area (Å²) >= 11 is 0. The maximum atomic E-state index is 11.8. The molecule has 1 aromatic rings. The van der Waals surface area contributed by atoms with Crippen molar-refractivity contribution in [2.45, 2.75) is 32.6 Å². The highest BCUT2D eigenvalue weighted by molar-refractivity contribution is 5.73. The number of carbonyl (C=O) groups is 1. The molecule has 134 valence electrons. The molecule has 5 heteroatoms. The highest BCUT2D eigenvalue weighted by Gasteiger charge is 2.13. The van der Waals surface area contributed by atoms with Crippen LogP contribution in [0.1, 0.15) is 31.9 Å². The van der Waals surface area contributed by atoms with Crippen molar-refractivity contribution in [3.05, 3.63) is 35.4 Å². The predicted octanol–water partition coefficient (Wildman–Crippen LogP) is 2.16. The van der Waals surface area contributed by atoms with Crippen LogP contribution in [0.4, 0.5) is 4.79 Å². The molecule has 0 spiro atoms. The van der Waals surface area contributed by atoms with Crippen molar-refractivity contribution in [3.63, 3.8) is 0 Å². The average molecular weight is 333 g/mol. The molecule has 2 amide bonds. The van der Waals surface area contributed by atoms with Crippen LogP contribution in [0.15, 0.2) is 24.3 Å². The topological polar surface area (TPSA) is 53.6 Å². The Bertz CT molecular complexity index is 502. The first-order valence-electron chi connectivity index (χ1n) is 8.86. The van der Waals surface area contributed by atoms with E-state index in [9.17, 15) is 4.79 Å². The zero-order valence-electron chi connectivity index (χ0n) is 15.2. The molecule has 1 saturated heterocycles. The SMILES string of the molecule is CC(C)(C)c1ccc(CCNC(=O)NCCN2CCOCC2)cc1. The van der Waals surface area contributed by atoms with E-state index >= 15 is 0 Å². The summed E-state index contributed by atoms with van der Waals surface area (Å²) in [6.07, 6.45) is 0.849. The third-order valence-electron chi connectivity index (χ3n) is 4.34. The second-order valence-electron chi connectivity index (χ2n) is 7.33. The summed E-state index contributed by atoms with van der Waals surface area (Å²) < 4.78 is 5.31. The summed E-state index contributed by atoms with van der Waals surface area (Å²) in [4.78, 5) is 14.1. The highest BCUT2D eigenvalue weighted by atomic mass is 16.5. The van der Waals surface area contributed by atoms with Crippen LogP contribution in [0, 0.1) is 0 Å². The molecule has 1 aliphatic rings. The smallest absolute Gasteiger partial charge is 0.314 e. The minimum absolute atomic E-state index is 0.0884. The highest BCUT2D eigenvalue weighted by Crippen LogP contribution is 2.22. The van der Waals surface area contributed by atoms with Crippen LogP contribution in [-0.2, 0) is 16.6 Å². The second kappa shape index (κ2) is 9.04. The van der Waals surface area contributed by atoms with Gasteiger partial charge in [0.25, 0.3) is 0 Å². The fourth-order valence-corrected chi connectivity index (χ4v) is 2.71. The van der Waals surface area contributed by atoms with Crippen LogP contribution in [0.5, 0.6) is 0 Å². The molecule has 0 saturated carbocycles. The van der Waals surface area contributed by atoms with E-state index in [1.54, 1.807) is 0 Å². The van der Waals surface area contributed by atoms with Crippen LogP contribution in [0.25, 0.3) is 0 Å². The fourth-order valence-electron chi connectivity index (χ4n) is 2.71. The standard InChI is InChI=1S/C19H31N3O2/c1-19(2,3)17-6-4-16(5-7-17)8-9-20-18(23)21-10-11-22-12-14-24-15-13-22/h4-7H,8-15H2,1-3H3,(H2,20,21,23). The largest absolute Gasteiger partial charge is 0.379 e. The number of rotatable bonds is 6. The molecule has 1 aliphatic heterocycles. The van der Waals surface area contributed by atoms with E-state index in [2.05, 4.69) is 60.6 Å². The molecular weight excluding hydrogens is 302 g/mol. The van der Waals surface area contributed by atoms with Crippen molar-refractivity contribution in [2.75, 3.05) is 45.9 Å². The van der Waals surface area contributed by atoms with Gasteiger partial charge in [-0.2, -0.15) is 0 Å². The normalized spacial score (nSPS) is 16.0. The van der Waals surface area contributed by atoms with Crippen molar-refractivity contribution in [3.8, 4) is 0 Å². The van der Waals surface area contributed by atoms with Gasteiger partial charge in [-0.05, 0) is 23.0 Å². The first kappa shape index (κ1) is 18.7. The number of amides is 2. The van der Waals surface area contributed by atoms with Gasteiger partial charge in [-0.3, -0.25) is 4.90 Å². The Hall–Kier alpha value is -1.59. The monoisotopic (exact) mass is 333 g/mol. The zero-order valence-corrected chi connectivity index (χ0v) is 15.2. The number of hydrogen-bond donors (Lipinski definition) is 2. The number of ether oxygens (including phenoxy) is 1. The summed E-state index contributed by atoms with van der Waals surface area (Å²) in [5, 5.41) is 5.83. The Morgan fingerprint density at radius 1 is 1.08 bits per heavy atom. The maximum Gasteiger partial charge on any atom is 0.314 e. The Morgan fingerprint density at radius 2 is 1.71 bits per heavy atom. The van der Waals surface area contributed by atoms with Crippen LogP contribution in [-0.4, -0.2) is 56.9 Å². The molecule has 0 unspecified atom stereocenters. The Balaban J connectivity index is 1.60. The van der Waals surface area contributed by atoms with Crippen molar-refractivity contribution in [2.24, 2.45) is 0 Å². The average Bonchev–Trinajstić information content (AvgIpc) is 2.55. The first-order valence-corrected chi connectivity index (χ1v) is 8.86. The quantitative estimate of drug-likeness (QED) is 0.839. The lowest BCUT2D eigenvalue weighted by molar-refractivity contribution is 0.0387. The summed E-state index contributed by atoms with van der Waals surface area (Å²) in [6, 6.07) is 8.57. The number of urea groups is 1. The molecule has 2 N–H and O–H groups in total. The molecule has 0 aromatic heterocycles. The lowest BCUT2D eigenvalue weighted by Gasteiger charge is -2.26. The predicted molar refractivity (Wildman–Crippen MR) is 97.5 cm³/mol. The summed E-state index contributed by atoms with van der Waals surface area (Å²) in [5.41, 5.74) is 2.76. The van der Waals surface area contributed by atoms with E-state index in [1.807, 2.05) is 0 Å². The maximum absolute atomic E-state index is 11.8. The molecule has 1 fully saturated rings. The number of carbonyl (C=O) groups excluding carboxylic acids is 1. The van der Waals surface area contributed by atoms with Crippen molar-refractivity contribution >= 4 is 6.03 Å². The number of nitrogens with zero attached hydrogens (tertiary/aromatic N) is 1. The zero-order chi connectivity index (χ0) is 17.4. The van der Waals surface area contributed by atoms with Gasteiger partial charge in [0.2, 0.25) is 0 Å². The third kappa shape index (κ3) is 6.49. The molecule has 1 heterocycles. The second-order valence-corrected chi connectivity index (χ2v) is 7.33. The molecule has 1 aromatic carbocycles. The van der Waals surface area contributed by atoms with E-state index < -0.39 is 0 Å². The molecule has 0 atom stereocenters. The first-order chi connectivity index (χ1) is 11.4. The molecule has 0 aliphatic carbocycles. The van der Waals surface area contributed by atoms with Gasteiger partial charge >= 0.3 is 6.03 Å². The van der Waals surface area contributed by atoms with Gasteiger partial charge in [-0.25, -0.2) is 4.79 Å². The van der Waals surface area contributed by atoms with Gasteiger partial charge in [0.1, 0.15) is 0 Å². The van der Waals surface area contributed by atoms with Gasteiger partial charge in [-0.15, -0.1) is 0 Å². The molecular formula is C19H31N3O2. The lowest BCUT2D eigenvalue weighted by Crippen LogP contribution is -2.44. The van der Waals surface area contributed by atoms with Crippen molar-refractivity contribution < 1.29 is 9.53 Å². The van der Waals surface area contributed by atoms with Gasteiger partial charge in [-0.1, -0.05) is 45.0 Å². The molecule has 5 nitrogen and oxygen atoms in total. The van der Waals surface area contributed by atoms with Crippen LogP contribution in [0.3, 0.4) is 0 Å². The molecule has 0 radical (unpaired) electrons. The Labute approximate surface area is 145 Å². The Kier molecular flexibility index (Phi) is 7.06. The van der Waals surface area contributed by atoms with Crippen LogP contribution in [0.2, 0.25) is 0 Å². The van der Waals surface area contributed by atoms with E-state index in [4.69, 9.17) is 4.74 Å². The summed E-state index contributed by atoms with van der Waals surface area (Å²) in [7, 11) is 0. The fraction of sp³-hybridized carbons (Fsp3) is 0.632. The third-order valence-corrected chi connectivity index (χ3v) is 4.34. The Morgan fingerprint density at radius 3 is 2.33 bits per heavy atom. The van der Waals surface area contributed by atoms with Crippen molar-refractivity contribution in [1.29, 1.82) is 0 Å². The summed E-state index contributed by atoms with van der Waals surface area (Å²) in [6.45, 7) is 12.3. The van der Waals surface area contributed by atoms with Crippen LogP contribution >= 0.6 is 0 Å². The number of benzene rings is 1.